The first kappa shape index (κ1) is 69.4. The van der Waals surface area contributed by atoms with Crippen molar-refractivity contribution in [1.29, 1.82) is 0 Å². The topological polar surface area (TPSA) is 78.9 Å². The molecule has 0 saturated heterocycles. The van der Waals surface area contributed by atoms with E-state index in [1.165, 1.54) is 244 Å². The Hall–Kier alpha value is -1.59. The number of carbonyl (C=O) groups excluding carboxylic acids is 3. The van der Waals surface area contributed by atoms with Crippen LogP contribution in [0.25, 0.3) is 0 Å². The van der Waals surface area contributed by atoms with Crippen molar-refractivity contribution >= 4 is 17.9 Å². The Morgan fingerprint density at radius 1 is 0.282 bits per heavy atom. The molecule has 0 aromatic heterocycles. The van der Waals surface area contributed by atoms with Crippen LogP contribution in [0.5, 0.6) is 0 Å². The minimum Gasteiger partial charge on any atom is -0.462 e. The van der Waals surface area contributed by atoms with Gasteiger partial charge in [0.2, 0.25) is 0 Å². The number of esters is 3. The number of ether oxygens (including phenoxy) is 3. The van der Waals surface area contributed by atoms with Gasteiger partial charge in [-0.15, -0.1) is 0 Å². The lowest BCUT2D eigenvalue weighted by Crippen LogP contribution is -2.30. The second kappa shape index (κ2) is 56.1. The van der Waals surface area contributed by atoms with Crippen LogP contribution in [-0.4, -0.2) is 37.2 Å². The molecule has 0 aromatic rings. The lowest BCUT2D eigenvalue weighted by atomic mass is 9.99. The van der Waals surface area contributed by atoms with E-state index in [2.05, 4.69) is 41.5 Å². The Balaban J connectivity index is 4.25. The Morgan fingerprint density at radius 3 is 0.732 bits per heavy atom. The van der Waals surface area contributed by atoms with Crippen molar-refractivity contribution in [3.05, 3.63) is 0 Å². The van der Waals surface area contributed by atoms with Gasteiger partial charge in [0.1, 0.15) is 13.2 Å². The first-order valence-electron chi connectivity index (χ1n) is 32.1. The minimum atomic E-state index is -0.764. The first-order chi connectivity index (χ1) is 34.6. The Labute approximate surface area is 444 Å². The van der Waals surface area contributed by atoms with Crippen LogP contribution in [0.1, 0.15) is 363 Å². The molecule has 0 spiro atoms. The van der Waals surface area contributed by atoms with Crippen molar-refractivity contribution in [3.8, 4) is 0 Å². The highest BCUT2D eigenvalue weighted by atomic mass is 16.6. The molecule has 0 bridgehead atoms. The average Bonchev–Trinajstić information content (AvgIpc) is 3.35. The predicted octanol–water partition coefficient (Wildman–Crippen LogP) is 21.5. The molecule has 0 heterocycles. The fourth-order valence-electron chi connectivity index (χ4n) is 10.0. The molecule has 0 saturated carbocycles. The van der Waals surface area contributed by atoms with Gasteiger partial charge in [0.15, 0.2) is 6.10 Å². The molecular formula is C65H126O6. The zero-order chi connectivity index (χ0) is 51.9. The summed E-state index contributed by atoms with van der Waals surface area (Å²) in [6.07, 6.45) is 61.0. The van der Waals surface area contributed by atoms with Gasteiger partial charge in [0.05, 0.1) is 0 Å². The largest absolute Gasteiger partial charge is 0.462 e. The van der Waals surface area contributed by atoms with Gasteiger partial charge in [0, 0.05) is 19.3 Å². The Kier molecular flexibility index (Phi) is 54.9. The van der Waals surface area contributed by atoms with Crippen molar-refractivity contribution < 1.29 is 28.6 Å². The molecule has 0 aromatic carbocycles. The minimum absolute atomic E-state index is 0.0627. The SMILES string of the molecule is CCC(C)CCCCCCCCCCCCCCCCCCCCC(=O)OC[C@@H](COC(=O)CCCCCCCCCCCCC(C)C)OC(=O)CCCCCCCCCCCCCCCCCC(C)C. The number of hydrogen-bond donors (Lipinski definition) is 0. The maximum absolute atomic E-state index is 12.9. The Bertz CT molecular complexity index is 1100. The third-order valence-corrected chi connectivity index (χ3v) is 15.3. The zero-order valence-electron chi connectivity index (χ0n) is 49.0. The number of rotatable bonds is 58. The van der Waals surface area contributed by atoms with E-state index in [-0.39, 0.29) is 31.1 Å². The summed E-state index contributed by atoms with van der Waals surface area (Å²) in [6, 6.07) is 0. The van der Waals surface area contributed by atoms with Gasteiger partial charge in [0.25, 0.3) is 0 Å². The average molecular weight is 1000 g/mol. The van der Waals surface area contributed by atoms with Crippen LogP contribution in [0.4, 0.5) is 0 Å². The van der Waals surface area contributed by atoms with E-state index in [0.717, 1.165) is 75.5 Å². The monoisotopic (exact) mass is 1000 g/mol. The smallest absolute Gasteiger partial charge is 0.306 e. The maximum atomic E-state index is 12.9. The second-order valence-electron chi connectivity index (χ2n) is 23.6. The normalized spacial score (nSPS) is 12.5. The fourth-order valence-corrected chi connectivity index (χ4v) is 10.0. The summed E-state index contributed by atoms with van der Waals surface area (Å²) in [5, 5.41) is 0. The molecule has 71 heavy (non-hydrogen) atoms. The lowest BCUT2D eigenvalue weighted by molar-refractivity contribution is -0.167. The van der Waals surface area contributed by atoms with E-state index < -0.39 is 6.10 Å². The molecule has 0 aliphatic rings. The van der Waals surface area contributed by atoms with Crippen LogP contribution in [-0.2, 0) is 28.6 Å². The number of carbonyl (C=O) groups is 3. The summed E-state index contributed by atoms with van der Waals surface area (Å²) in [7, 11) is 0. The number of hydrogen-bond acceptors (Lipinski definition) is 6. The van der Waals surface area contributed by atoms with Crippen LogP contribution in [0.15, 0.2) is 0 Å². The van der Waals surface area contributed by atoms with Gasteiger partial charge in [-0.3, -0.25) is 14.4 Å². The van der Waals surface area contributed by atoms with E-state index in [9.17, 15) is 14.4 Å². The van der Waals surface area contributed by atoms with Crippen molar-refractivity contribution in [1.82, 2.24) is 0 Å². The van der Waals surface area contributed by atoms with E-state index in [4.69, 9.17) is 14.2 Å². The van der Waals surface area contributed by atoms with E-state index in [1.54, 1.807) is 0 Å². The van der Waals surface area contributed by atoms with Gasteiger partial charge in [-0.2, -0.15) is 0 Å². The zero-order valence-corrected chi connectivity index (χ0v) is 49.0. The Morgan fingerprint density at radius 2 is 0.493 bits per heavy atom. The van der Waals surface area contributed by atoms with Crippen molar-refractivity contribution in [2.45, 2.75) is 369 Å². The van der Waals surface area contributed by atoms with E-state index in [0.29, 0.717) is 19.3 Å². The van der Waals surface area contributed by atoms with Crippen LogP contribution in [0.2, 0.25) is 0 Å². The summed E-state index contributed by atoms with van der Waals surface area (Å²) >= 11 is 0. The van der Waals surface area contributed by atoms with Crippen molar-refractivity contribution in [2.24, 2.45) is 17.8 Å². The van der Waals surface area contributed by atoms with Gasteiger partial charge in [-0.25, -0.2) is 0 Å². The highest BCUT2D eigenvalue weighted by molar-refractivity contribution is 5.71. The van der Waals surface area contributed by atoms with Crippen molar-refractivity contribution in [3.63, 3.8) is 0 Å². The van der Waals surface area contributed by atoms with E-state index in [1.807, 2.05) is 0 Å². The molecule has 422 valence electrons. The van der Waals surface area contributed by atoms with Crippen molar-refractivity contribution in [2.75, 3.05) is 13.2 Å². The quantitative estimate of drug-likeness (QED) is 0.0343. The van der Waals surface area contributed by atoms with Crippen LogP contribution in [0.3, 0.4) is 0 Å². The molecule has 0 aliphatic heterocycles. The molecule has 0 rings (SSSR count). The fraction of sp³-hybridized carbons (Fsp3) is 0.954. The summed E-state index contributed by atoms with van der Waals surface area (Å²) in [6.45, 7) is 13.8. The van der Waals surface area contributed by atoms with Gasteiger partial charge in [-0.1, -0.05) is 324 Å². The molecule has 1 unspecified atom stereocenters. The van der Waals surface area contributed by atoms with Gasteiger partial charge >= 0.3 is 17.9 Å². The summed E-state index contributed by atoms with van der Waals surface area (Å²) < 4.78 is 17.0. The van der Waals surface area contributed by atoms with Crippen LogP contribution in [0, 0.1) is 17.8 Å². The summed E-state index contributed by atoms with van der Waals surface area (Å²) in [5.41, 5.74) is 0. The maximum Gasteiger partial charge on any atom is 0.306 e. The molecular weight excluding hydrogens is 877 g/mol. The molecule has 6 nitrogen and oxygen atoms in total. The molecule has 0 N–H and O–H groups in total. The molecule has 6 heteroatoms. The molecule has 0 aliphatic carbocycles. The second-order valence-corrected chi connectivity index (χ2v) is 23.6. The van der Waals surface area contributed by atoms with Gasteiger partial charge < -0.3 is 14.2 Å². The van der Waals surface area contributed by atoms with Crippen LogP contribution >= 0.6 is 0 Å². The molecule has 2 atom stereocenters. The summed E-state index contributed by atoms with van der Waals surface area (Å²) in [5.74, 6) is 1.74. The van der Waals surface area contributed by atoms with Crippen LogP contribution < -0.4 is 0 Å². The van der Waals surface area contributed by atoms with E-state index >= 15 is 0 Å². The third-order valence-electron chi connectivity index (χ3n) is 15.3. The molecule has 0 amide bonds. The number of unbranched alkanes of at least 4 members (excludes halogenated alkanes) is 40. The van der Waals surface area contributed by atoms with Gasteiger partial charge in [-0.05, 0) is 37.0 Å². The highest BCUT2D eigenvalue weighted by Gasteiger charge is 2.19. The predicted molar refractivity (Wildman–Crippen MR) is 307 cm³/mol. The first-order valence-corrected chi connectivity index (χ1v) is 32.1. The standard InChI is InChI=1S/C65H126O6/c1-7-61(6)53-47-41-35-29-22-18-14-10-8-9-11-15-19-23-30-36-42-48-54-63(66)69-57-62(58-70-64(67)55-49-43-37-31-26-25-28-34-40-46-52-60(4)5)71-65(68)56-50-44-38-32-24-20-16-12-13-17-21-27-33-39-45-51-59(2)3/h59-62H,7-58H2,1-6H3/t61?,62-/m0/s1. The third kappa shape index (κ3) is 57.5. The highest BCUT2D eigenvalue weighted by Crippen LogP contribution is 2.19. The summed E-state index contributed by atoms with van der Waals surface area (Å²) in [4.78, 5) is 38.3. The molecule has 0 radical (unpaired) electrons. The molecule has 0 fully saturated rings. The lowest BCUT2D eigenvalue weighted by Gasteiger charge is -2.18.